The summed E-state index contributed by atoms with van der Waals surface area (Å²) in [5, 5.41) is 4.18. The first-order valence-corrected chi connectivity index (χ1v) is 8.75. The van der Waals surface area contributed by atoms with Crippen molar-refractivity contribution in [2.45, 2.75) is 19.4 Å². The van der Waals surface area contributed by atoms with E-state index in [9.17, 15) is 9.18 Å². The maximum Gasteiger partial charge on any atom is 0.233 e. The molecule has 6 heteroatoms. The average Bonchev–Trinajstić information content (AvgIpc) is 2.94. The van der Waals surface area contributed by atoms with Gasteiger partial charge in [0.15, 0.2) is 0 Å². The lowest BCUT2D eigenvalue weighted by Gasteiger charge is -2.28. The minimum Gasteiger partial charge on any atom is -0.334 e. The first-order valence-electron chi connectivity index (χ1n) is 7.60. The van der Waals surface area contributed by atoms with Gasteiger partial charge in [0.25, 0.3) is 0 Å². The summed E-state index contributed by atoms with van der Waals surface area (Å²) in [6.07, 6.45) is 4.62. The zero-order valence-corrected chi connectivity index (χ0v) is 14.5. The number of nitrogens with zero attached hydrogens (tertiary/aromatic N) is 3. The van der Waals surface area contributed by atoms with Crippen molar-refractivity contribution in [3.05, 3.63) is 53.6 Å². The van der Waals surface area contributed by atoms with Gasteiger partial charge in [-0.05, 0) is 29.9 Å². The number of hydrogen-bond acceptors (Lipinski definition) is 3. The van der Waals surface area contributed by atoms with Crippen LogP contribution in [0.2, 0.25) is 0 Å². The molecule has 0 N–H and O–H groups in total. The highest BCUT2D eigenvalue weighted by molar-refractivity contribution is 7.99. The number of halogens is 1. The predicted molar refractivity (Wildman–Crippen MR) is 91.8 cm³/mol. The fourth-order valence-corrected chi connectivity index (χ4v) is 3.26. The number of aromatic nitrogens is 2. The molecule has 0 saturated carbocycles. The van der Waals surface area contributed by atoms with Gasteiger partial charge in [-0.15, -0.1) is 0 Å². The van der Waals surface area contributed by atoms with Crippen LogP contribution in [0.4, 0.5) is 4.39 Å². The largest absolute Gasteiger partial charge is 0.334 e. The zero-order chi connectivity index (χ0) is 16.8. The lowest BCUT2D eigenvalue weighted by Crippen LogP contribution is -2.33. The number of carbonyl (C=O) groups is 1. The third kappa shape index (κ3) is 4.58. The Morgan fingerprint density at radius 2 is 2.22 bits per heavy atom. The number of hydrogen-bond donors (Lipinski definition) is 0. The van der Waals surface area contributed by atoms with Gasteiger partial charge >= 0.3 is 0 Å². The lowest BCUT2D eigenvalue weighted by atomic mass is 10.00. The Hall–Kier alpha value is -1.82. The first kappa shape index (κ1) is 17.5. The van der Waals surface area contributed by atoms with Crippen molar-refractivity contribution in [1.82, 2.24) is 14.7 Å². The summed E-state index contributed by atoms with van der Waals surface area (Å²) in [4.78, 5) is 14.2. The molecule has 0 unspecified atom stereocenters. The predicted octanol–water partition coefficient (Wildman–Crippen LogP) is 3.25. The molecule has 0 spiro atoms. The molecule has 4 nitrogen and oxygen atoms in total. The van der Waals surface area contributed by atoms with E-state index in [4.69, 9.17) is 0 Å². The Balaban J connectivity index is 2.28. The molecule has 0 bridgehead atoms. The van der Waals surface area contributed by atoms with Gasteiger partial charge < -0.3 is 4.90 Å². The fourth-order valence-electron chi connectivity index (χ4n) is 2.45. The molecular weight excluding hydrogens is 313 g/mol. The van der Waals surface area contributed by atoms with Gasteiger partial charge in [-0.25, -0.2) is 4.39 Å². The fraction of sp³-hybridized carbons (Fsp3) is 0.412. The third-order valence-electron chi connectivity index (χ3n) is 3.56. The molecule has 0 saturated heterocycles. The average molecular weight is 335 g/mol. The molecule has 1 atom stereocenters. The van der Waals surface area contributed by atoms with E-state index in [2.05, 4.69) is 12.0 Å². The van der Waals surface area contributed by atoms with Crippen molar-refractivity contribution >= 4 is 17.7 Å². The Morgan fingerprint density at radius 1 is 1.43 bits per heavy atom. The quantitative estimate of drug-likeness (QED) is 0.729. The molecule has 0 aliphatic rings. The molecule has 1 heterocycles. The van der Waals surface area contributed by atoms with Crippen LogP contribution in [-0.4, -0.2) is 39.1 Å². The Labute approximate surface area is 140 Å². The van der Waals surface area contributed by atoms with Crippen molar-refractivity contribution in [3.8, 4) is 0 Å². The summed E-state index contributed by atoms with van der Waals surface area (Å²) in [7, 11) is 3.59. The summed E-state index contributed by atoms with van der Waals surface area (Å²) in [6, 6.07) is 6.04. The molecule has 1 aromatic carbocycles. The van der Waals surface area contributed by atoms with Crippen LogP contribution in [0.5, 0.6) is 0 Å². The van der Waals surface area contributed by atoms with Crippen LogP contribution < -0.4 is 0 Å². The molecule has 0 aliphatic heterocycles. The standard InChI is InChI=1S/C17H22FN3OS/c1-4-8-23-12-16(22)21(3)17(14-10-19-20(2)11-14)13-6-5-7-15(18)9-13/h5-7,9-11,17H,4,8,12H2,1-3H3/t17-/m0/s1. The minimum absolute atomic E-state index is 0.0292. The molecular formula is C17H22FN3OS. The summed E-state index contributed by atoms with van der Waals surface area (Å²) >= 11 is 1.62. The van der Waals surface area contributed by atoms with Crippen LogP contribution in [0.15, 0.2) is 36.7 Å². The summed E-state index contributed by atoms with van der Waals surface area (Å²) in [6.45, 7) is 2.09. The van der Waals surface area contributed by atoms with Crippen molar-refractivity contribution in [2.24, 2.45) is 7.05 Å². The van der Waals surface area contributed by atoms with Crippen molar-refractivity contribution in [3.63, 3.8) is 0 Å². The number of rotatable bonds is 7. The third-order valence-corrected chi connectivity index (χ3v) is 4.71. The maximum atomic E-state index is 13.6. The summed E-state index contributed by atoms with van der Waals surface area (Å²) in [5.41, 5.74) is 1.61. The maximum absolute atomic E-state index is 13.6. The second-order valence-corrected chi connectivity index (χ2v) is 6.57. The summed E-state index contributed by atoms with van der Waals surface area (Å²) in [5.74, 6) is 1.10. The highest BCUT2D eigenvalue weighted by atomic mass is 32.2. The van der Waals surface area contributed by atoms with Gasteiger partial charge in [0.2, 0.25) is 5.91 Å². The minimum atomic E-state index is -0.339. The van der Waals surface area contributed by atoms with E-state index in [1.54, 1.807) is 40.7 Å². The molecule has 0 radical (unpaired) electrons. The van der Waals surface area contributed by atoms with Crippen LogP contribution in [0.25, 0.3) is 0 Å². The summed E-state index contributed by atoms with van der Waals surface area (Å²) < 4.78 is 15.3. The van der Waals surface area contributed by atoms with E-state index < -0.39 is 0 Å². The smallest absolute Gasteiger partial charge is 0.233 e. The van der Waals surface area contributed by atoms with Gasteiger partial charge in [-0.1, -0.05) is 19.1 Å². The van der Waals surface area contributed by atoms with E-state index in [0.717, 1.165) is 23.3 Å². The number of amides is 1. The van der Waals surface area contributed by atoms with E-state index in [1.165, 1.54) is 12.1 Å². The van der Waals surface area contributed by atoms with Crippen LogP contribution >= 0.6 is 11.8 Å². The Bertz CT molecular complexity index is 659. The molecule has 0 fully saturated rings. The topological polar surface area (TPSA) is 38.1 Å². The second-order valence-electron chi connectivity index (χ2n) is 5.46. The number of thioether (sulfide) groups is 1. The van der Waals surface area contributed by atoms with E-state index in [1.807, 2.05) is 19.3 Å². The molecule has 124 valence electrons. The van der Waals surface area contributed by atoms with E-state index in [-0.39, 0.29) is 17.8 Å². The number of aryl methyl sites for hydroxylation is 1. The number of benzene rings is 1. The lowest BCUT2D eigenvalue weighted by molar-refractivity contribution is -0.128. The van der Waals surface area contributed by atoms with Crippen LogP contribution in [0, 0.1) is 5.82 Å². The van der Waals surface area contributed by atoms with Gasteiger partial charge in [-0.2, -0.15) is 16.9 Å². The van der Waals surface area contributed by atoms with Crippen molar-refractivity contribution in [2.75, 3.05) is 18.6 Å². The van der Waals surface area contributed by atoms with Gasteiger partial charge in [0.1, 0.15) is 5.82 Å². The number of carbonyl (C=O) groups excluding carboxylic acids is 1. The zero-order valence-electron chi connectivity index (χ0n) is 13.7. The van der Waals surface area contributed by atoms with E-state index >= 15 is 0 Å². The Kier molecular flexibility index (Phi) is 6.21. The normalized spacial score (nSPS) is 12.2. The molecule has 23 heavy (non-hydrogen) atoms. The molecule has 1 amide bonds. The second kappa shape index (κ2) is 8.15. The highest BCUT2D eigenvalue weighted by Crippen LogP contribution is 2.28. The monoisotopic (exact) mass is 335 g/mol. The van der Waals surface area contributed by atoms with Crippen LogP contribution in [-0.2, 0) is 11.8 Å². The van der Waals surface area contributed by atoms with Gasteiger partial charge in [0, 0.05) is 25.9 Å². The van der Waals surface area contributed by atoms with Crippen LogP contribution in [0.1, 0.15) is 30.5 Å². The Morgan fingerprint density at radius 3 is 2.83 bits per heavy atom. The molecule has 2 rings (SSSR count). The van der Waals surface area contributed by atoms with E-state index in [0.29, 0.717) is 5.75 Å². The van der Waals surface area contributed by atoms with Crippen LogP contribution in [0.3, 0.4) is 0 Å². The van der Waals surface area contributed by atoms with Gasteiger partial charge in [0.05, 0.1) is 18.0 Å². The first-order chi connectivity index (χ1) is 11.0. The van der Waals surface area contributed by atoms with Gasteiger partial charge in [-0.3, -0.25) is 9.48 Å². The highest BCUT2D eigenvalue weighted by Gasteiger charge is 2.24. The van der Waals surface area contributed by atoms with Crippen molar-refractivity contribution < 1.29 is 9.18 Å². The molecule has 1 aromatic heterocycles. The van der Waals surface area contributed by atoms with Crippen molar-refractivity contribution in [1.29, 1.82) is 0 Å². The SMILES string of the molecule is CCCSCC(=O)N(C)[C@@H](c1cccc(F)c1)c1cnn(C)c1. The molecule has 0 aliphatic carbocycles. The molecule has 2 aromatic rings.